The van der Waals surface area contributed by atoms with Gasteiger partial charge in [-0.25, -0.2) is 4.68 Å². The standard InChI is InChI=1S/C26H21N5O/c32-26(29-17-21(18-29)31-16-4-14-28-31)25-12-11-22(23-5-1-2-6-24(23)25)19-7-9-20(10-8-19)30-15-3-13-27-30/h1-16,21H,17-18H2. The Morgan fingerprint density at radius 2 is 1.53 bits per heavy atom. The summed E-state index contributed by atoms with van der Waals surface area (Å²) in [7, 11) is 0. The van der Waals surface area contributed by atoms with E-state index in [1.807, 2.05) is 63.1 Å². The number of hydrogen-bond acceptors (Lipinski definition) is 3. The number of likely N-dealkylation sites (tertiary alicyclic amines) is 1. The molecule has 156 valence electrons. The molecule has 1 saturated heterocycles. The number of amides is 1. The average molecular weight is 419 g/mol. The van der Waals surface area contributed by atoms with Crippen molar-refractivity contribution < 1.29 is 4.79 Å². The molecule has 6 heteroatoms. The van der Waals surface area contributed by atoms with Gasteiger partial charge in [-0.1, -0.05) is 42.5 Å². The van der Waals surface area contributed by atoms with Gasteiger partial charge in [0.1, 0.15) is 0 Å². The zero-order valence-electron chi connectivity index (χ0n) is 17.4. The van der Waals surface area contributed by atoms with Crippen LogP contribution in [0.25, 0.3) is 27.6 Å². The Morgan fingerprint density at radius 3 is 2.25 bits per heavy atom. The first-order valence-corrected chi connectivity index (χ1v) is 10.7. The molecule has 0 bridgehead atoms. The molecule has 0 atom stereocenters. The number of aromatic nitrogens is 4. The van der Waals surface area contributed by atoms with Gasteiger partial charge in [0, 0.05) is 43.4 Å². The highest BCUT2D eigenvalue weighted by atomic mass is 16.2. The van der Waals surface area contributed by atoms with Crippen molar-refractivity contribution in [2.45, 2.75) is 6.04 Å². The van der Waals surface area contributed by atoms with Crippen molar-refractivity contribution in [3.8, 4) is 16.8 Å². The second-order valence-electron chi connectivity index (χ2n) is 8.05. The van der Waals surface area contributed by atoms with Gasteiger partial charge in [-0.2, -0.15) is 10.2 Å². The molecular weight excluding hydrogens is 398 g/mol. The third kappa shape index (κ3) is 3.08. The molecule has 0 aliphatic carbocycles. The van der Waals surface area contributed by atoms with Gasteiger partial charge in [0.2, 0.25) is 0 Å². The van der Waals surface area contributed by atoms with E-state index in [9.17, 15) is 4.79 Å². The summed E-state index contributed by atoms with van der Waals surface area (Å²) in [6.07, 6.45) is 7.43. The van der Waals surface area contributed by atoms with Gasteiger partial charge in [0.05, 0.1) is 11.7 Å². The minimum atomic E-state index is 0.0742. The number of carbonyl (C=O) groups is 1. The van der Waals surface area contributed by atoms with Crippen LogP contribution >= 0.6 is 0 Å². The summed E-state index contributed by atoms with van der Waals surface area (Å²) in [5.41, 5.74) is 3.98. The lowest BCUT2D eigenvalue weighted by Gasteiger charge is -2.39. The molecule has 0 radical (unpaired) electrons. The zero-order valence-corrected chi connectivity index (χ0v) is 17.4. The van der Waals surface area contributed by atoms with Crippen LogP contribution in [0.4, 0.5) is 0 Å². The summed E-state index contributed by atoms with van der Waals surface area (Å²) in [5.74, 6) is 0.0742. The Morgan fingerprint density at radius 1 is 0.781 bits per heavy atom. The van der Waals surface area contributed by atoms with Crippen LogP contribution in [0.15, 0.2) is 97.6 Å². The number of rotatable bonds is 4. The first kappa shape index (κ1) is 18.6. The molecule has 1 aliphatic heterocycles. The third-order valence-electron chi connectivity index (χ3n) is 6.15. The van der Waals surface area contributed by atoms with E-state index in [0.717, 1.165) is 33.2 Å². The summed E-state index contributed by atoms with van der Waals surface area (Å²) >= 11 is 0. The summed E-state index contributed by atoms with van der Waals surface area (Å²) in [5, 5.41) is 10.6. The van der Waals surface area contributed by atoms with Gasteiger partial charge in [0.25, 0.3) is 5.91 Å². The Bertz CT molecular complexity index is 1380. The molecule has 3 heterocycles. The molecule has 6 nitrogen and oxygen atoms in total. The van der Waals surface area contributed by atoms with Crippen LogP contribution in [0.1, 0.15) is 16.4 Å². The van der Waals surface area contributed by atoms with Crippen molar-refractivity contribution in [3.63, 3.8) is 0 Å². The molecule has 32 heavy (non-hydrogen) atoms. The quantitative estimate of drug-likeness (QED) is 0.428. The number of benzene rings is 3. The summed E-state index contributed by atoms with van der Waals surface area (Å²) in [6.45, 7) is 1.37. The predicted octanol–water partition coefficient (Wildman–Crippen LogP) is 4.59. The van der Waals surface area contributed by atoms with Gasteiger partial charge in [-0.05, 0) is 52.2 Å². The van der Waals surface area contributed by atoms with Gasteiger partial charge in [0.15, 0.2) is 0 Å². The molecule has 1 fully saturated rings. The van der Waals surface area contributed by atoms with Crippen LogP contribution in [0.5, 0.6) is 0 Å². The maximum atomic E-state index is 13.3. The fourth-order valence-electron chi connectivity index (χ4n) is 4.41. The number of fused-ring (bicyclic) bond motifs is 1. The Balaban J connectivity index is 1.31. The second-order valence-corrected chi connectivity index (χ2v) is 8.05. The second kappa shape index (κ2) is 7.50. The first-order chi connectivity index (χ1) is 15.8. The van der Waals surface area contributed by atoms with Crippen molar-refractivity contribution in [2.75, 3.05) is 13.1 Å². The van der Waals surface area contributed by atoms with Crippen LogP contribution in [0.3, 0.4) is 0 Å². The average Bonchev–Trinajstić information content (AvgIpc) is 3.52. The van der Waals surface area contributed by atoms with Crippen LogP contribution in [0, 0.1) is 0 Å². The lowest BCUT2D eigenvalue weighted by molar-refractivity contribution is 0.0503. The van der Waals surface area contributed by atoms with E-state index in [2.05, 4.69) is 46.6 Å². The third-order valence-corrected chi connectivity index (χ3v) is 6.15. The fourth-order valence-corrected chi connectivity index (χ4v) is 4.41. The molecule has 0 N–H and O–H groups in total. The van der Waals surface area contributed by atoms with E-state index < -0.39 is 0 Å². The molecule has 6 rings (SSSR count). The molecule has 1 amide bonds. The molecule has 5 aromatic rings. The molecule has 3 aromatic carbocycles. The zero-order chi connectivity index (χ0) is 21.5. The molecule has 0 saturated carbocycles. The van der Waals surface area contributed by atoms with Gasteiger partial charge in [-0.15, -0.1) is 0 Å². The van der Waals surface area contributed by atoms with E-state index in [-0.39, 0.29) is 11.9 Å². The minimum absolute atomic E-state index is 0.0742. The maximum absolute atomic E-state index is 13.3. The van der Waals surface area contributed by atoms with Crippen LogP contribution < -0.4 is 0 Å². The van der Waals surface area contributed by atoms with Crippen LogP contribution in [-0.2, 0) is 0 Å². The fraction of sp³-hybridized carbons (Fsp3) is 0.115. The normalized spacial score (nSPS) is 13.9. The van der Waals surface area contributed by atoms with E-state index in [1.165, 1.54) is 0 Å². The van der Waals surface area contributed by atoms with Crippen molar-refractivity contribution in [2.24, 2.45) is 0 Å². The van der Waals surface area contributed by atoms with E-state index >= 15 is 0 Å². The molecular formula is C26H21N5O. The van der Waals surface area contributed by atoms with Crippen molar-refractivity contribution in [1.29, 1.82) is 0 Å². The van der Waals surface area contributed by atoms with Crippen LogP contribution in [0.2, 0.25) is 0 Å². The van der Waals surface area contributed by atoms with E-state index in [4.69, 9.17) is 0 Å². The van der Waals surface area contributed by atoms with Crippen molar-refractivity contribution >= 4 is 16.7 Å². The molecule has 0 spiro atoms. The van der Waals surface area contributed by atoms with Crippen LogP contribution in [-0.4, -0.2) is 43.5 Å². The highest BCUT2D eigenvalue weighted by Crippen LogP contribution is 2.33. The largest absolute Gasteiger partial charge is 0.334 e. The van der Waals surface area contributed by atoms with Gasteiger partial charge in [-0.3, -0.25) is 9.48 Å². The monoisotopic (exact) mass is 419 g/mol. The smallest absolute Gasteiger partial charge is 0.254 e. The SMILES string of the molecule is O=C(c1ccc(-c2ccc(-n3cccn3)cc2)c2ccccc12)N1CC(n2cccn2)C1. The van der Waals surface area contributed by atoms with Crippen molar-refractivity contribution in [1.82, 2.24) is 24.5 Å². The first-order valence-electron chi connectivity index (χ1n) is 10.7. The summed E-state index contributed by atoms with van der Waals surface area (Å²) in [4.78, 5) is 15.2. The number of carbonyl (C=O) groups excluding carboxylic acids is 1. The highest BCUT2D eigenvalue weighted by molar-refractivity contribution is 6.11. The highest BCUT2D eigenvalue weighted by Gasteiger charge is 2.33. The maximum Gasteiger partial charge on any atom is 0.254 e. The predicted molar refractivity (Wildman–Crippen MR) is 124 cm³/mol. The Hall–Kier alpha value is -4.19. The van der Waals surface area contributed by atoms with E-state index in [1.54, 1.807) is 12.4 Å². The Labute approximate surface area is 185 Å². The van der Waals surface area contributed by atoms with Crippen molar-refractivity contribution in [3.05, 3.63) is 103 Å². The molecule has 1 aliphatic rings. The molecule has 0 unspecified atom stereocenters. The lowest BCUT2D eigenvalue weighted by Crippen LogP contribution is -2.50. The number of nitrogens with zero attached hydrogens (tertiary/aromatic N) is 5. The summed E-state index contributed by atoms with van der Waals surface area (Å²) < 4.78 is 3.77. The minimum Gasteiger partial charge on any atom is -0.334 e. The number of hydrogen-bond donors (Lipinski definition) is 0. The van der Waals surface area contributed by atoms with Gasteiger partial charge < -0.3 is 4.90 Å². The van der Waals surface area contributed by atoms with Gasteiger partial charge >= 0.3 is 0 Å². The summed E-state index contributed by atoms with van der Waals surface area (Å²) in [6, 6.07) is 24.6. The molecule has 2 aromatic heterocycles. The Kier molecular flexibility index (Phi) is 4.35. The lowest BCUT2D eigenvalue weighted by atomic mass is 9.93. The van der Waals surface area contributed by atoms with E-state index in [0.29, 0.717) is 13.1 Å². The topological polar surface area (TPSA) is 56.0 Å².